The van der Waals surface area contributed by atoms with E-state index in [-0.39, 0.29) is 22.7 Å². The molecule has 0 aliphatic rings. The van der Waals surface area contributed by atoms with E-state index in [4.69, 9.17) is 5.11 Å². The van der Waals surface area contributed by atoms with E-state index in [1.807, 2.05) is 13.8 Å². The lowest BCUT2D eigenvalue weighted by molar-refractivity contribution is 0.0696. The van der Waals surface area contributed by atoms with Crippen LogP contribution in [0.15, 0.2) is 42.5 Å². The molecule has 0 fully saturated rings. The van der Waals surface area contributed by atoms with Gasteiger partial charge in [0, 0.05) is 0 Å². The van der Waals surface area contributed by atoms with E-state index in [2.05, 4.69) is 0 Å². The minimum Gasteiger partial charge on any atom is -0.507 e. The van der Waals surface area contributed by atoms with Crippen molar-refractivity contribution >= 4 is 17.8 Å². The van der Waals surface area contributed by atoms with Crippen LogP contribution in [0.1, 0.15) is 37.4 Å². The van der Waals surface area contributed by atoms with Crippen LogP contribution in [0.2, 0.25) is 0 Å². The lowest BCUT2D eigenvalue weighted by atomic mass is 10.0. The van der Waals surface area contributed by atoms with Crippen molar-refractivity contribution in [1.82, 2.24) is 0 Å². The van der Waals surface area contributed by atoms with E-state index in [1.54, 1.807) is 30.3 Å². The molecule has 0 bridgehead atoms. The number of aromatic hydroxyl groups is 1. The van der Waals surface area contributed by atoms with Gasteiger partial charge in [0.25, 0.3) is 0 Å². The van der Waals surface area contributed by atoms with Gasteiger partial charge in [-0.1, -0.05) is 18.2 Å². The Labute approximate surface area is 128 Å². The fourth-order valence-electron chi connectivity index (χ4n) is 2.00. The average Bonchev–Trinajstić information content (AvgIpc) is 2.49. The summed E-state index contributed by atoms with van der Waals surface area (Å²) in [6, 6.07) is 9.41. The maximum atomic E-state index is 12.1. The van der Waals surface area contributed by atoms with Gasteiger partial charge in [0.05, 0.1) is 11.1 Å². The van der Waals surface area contributed by atoms with Gasteiger partial charge in [-0.05, 0) is 60.9 Å². The van der Waals surface area contributed by atoms with Gasteiger partial charge in [0.2, 0.25) is 0 Å². The molecule has 0 spiro atoms. The van der Waals surface area contributed by atoms with Crippen molar-refractivity contribution in [1.29, 1.82) is 0 Å². The first kappa shape index (κ1) is 15.5. The van der Waals surface area contributed by atoms with Crippen LogP contribution in [0.3, 0.4) is 0 Å². The standard InChI is InChI=1S/C18H16O4/c1-11-9-15(17(20)10-12(11)2)16(19)8-5-13-3-6-14(7-4-13)18(21)22/h3-10,20H,1-2H3,(H,21,22). The quantitative estimate of drug-likeness (QED) is 0.667. The van der Waals surface area contributed by atoms with Gasteiger partial charge in [0.15, 0.2) is 5.78 Å². The topological polar surface area (TPSA) is 74.6 Å². The molecule has 112 valence electrons. The normalized spacial score (nSPS) is 10.8. The van der Waals surface area contributed by atoms with Gasteiger partial charge < -0.3 is 10.2 Å². The molecule has 0 amide bonds. The molecule has 0 aliphatic carbocycles. The van der Waals surface area contributed by atoms with E-state index < -0.39 is 5.97 Å². The monoisotopic (exact) mass is 296 g/mol. The third-order valence-corrected chi connectivity index (χ3v) is 3.46. The predicted molar refractivity (Wildman–Crippen MR) is 84.3 cm³/mol. The Kier molecular flexibility index (Phi) is 4.41. The Bertz CT molecular complexity index is 755. The number of carbonyl (C=O) groups is 2. The maximum Gasteiger partial charge on any atom is 0.335 e. The van der Waals surface area contributed by atoms with E-state index in [0.29, 0.717) is 5.56 Å². The lowest BCUT2D eigenvalue weighted by Crippen LogP contribution is -1.97. The maximum absolute atomic E-state index is 12.1. The molecular weight excluding hydrogens is 280 g/mol. The summed E-state index contributed by atoms with van der Waals surface area (Å²) < 4.78 is 0. The Morgan fingerprint density at radius 1 is 1.00 bits per heavy atom. The number of carboxylic acid groups (broad SMARTS) is 1. The summed E-state index contributed by atoms with van der Waals surface area (Å²) in [5, 5.41) is 18.7. The van der Waals surface area contributed by atoms with E-state index in [0.717, 1.165) is 11.1 Å². The molecule has 0 atom stereocenters. The number of phenolic OH excluding ortho intramolecular Hbond substituents is 1. The Morgan fingerprint density at radius 3 is 2.18 bits per heavy atom. The molecule has 4 heteroatoms. The summed E-state index contributed by atoms with van der Waals surface area (Å²) in [6.07, 6.45) is 2.95. The molecule has 2 aromatic rings. The van der Waals surface area contributed by atoms with Crippen molar-refractivity contribution < 1.29 is 19.8 Å². The highest BCUT2D eigenvalue weighted by atomic mass is 16.4. The predicted octanol–water partition coefficient (Wildman–Crippen LogP) is 3.60. The van der Waals surface area contributed by atoms with Crippen molar-refractivity contribution in [3.63, 3.8) is 0 Å². The number of hydrogen-bond donors (Lipinski definition) is 2. The minimum atomic E-state index is -0.994. The number of aromatic carboxylic acids is 1. The summed E-state index contributed by atoms with van der Waals surface area (Å²) in [5.74, 6) is -1.34. The highest BCUT2D eigenvalue weighted by Gasteiger charge is 2.10. The molecule has 0 heterocycles. The molecule has 2 rings (SSSR count). The molecule has 0 saturated heterocycles. The SMILES string of the molecule is Cc1cc(O)c(C(=O)C=Cc2ccc(C(=O)O)cc2)cc1C. The first-order chi connectivity index (χ1) is 10.4. The number of aryl methyl sites for hydroxylation is 2. The second-order valence-electron chi connectivity index (χ2n) is 5.08. The van der Waals surface area contributed by atoms with E-state index >= 15 is 0 Å². The summed E-state index contributed by atoms with van der Waals surface area (Å²) in [7, 11) is 0. The van der Waals surface area contributed by atoms with Crippen molar-refractivity contribution in [3.05, 3.63) is 70.3 Å². The Morgan fingerprint density at radius 2 is 1.59 bits per heavy atom. The molecule has 0 aliphatic heterocycles. The molecule has 0 saturated carbocycles. The third-order valence-electron chi connectivity index (χ3n) is 3.46. The van der Waals surface area contributed by atoms with Crippen molar-refractivity contribution in [3.8, 4) is 5.75 Å². The fourth-order valence-corrected chi connectivity index (χ4v) is 2.00. The highest BCUT2D eigenvalue weighted by molar-refractivity contribution is 6.08. The van der Waals surface area contributed by atoms with E-state index in [9.17, 15) is 14.7 Å². The van der Waals surface area contributed by atoms with Crippen molar-refractivity contribution in [2.75, 3.05) is 0 Å². The van der Waals surface area contributed by atoms with Gasteiger partial charge in [-0.25, -0.2) is 4.79 Å². The minimum absolute atomic E-state index is 0.0426. The number of carboxylic acids is 1. The zero-order valence-corrected chi connectivity index (χ0v) is 12.3. The average molecular weight is 296 g/mol. The molecule has 22 heavy (non-hydrogen) atoms. The van der Waals surface area contributed by atoms with Gasteiger partial charge in [-0.2, -0.15) is 0 Å². The smallest absolute Gasteiger partial charge is 0.335 e. The van der Waals surface area contributed by atoms with Crippen LogP contribution in [-0.2, 0) is 0 Å². The number of ketones is 1. The number of carbonyl (C=O) groups excluding carboxylic acids is 1. The van der Waals surface area contributed by atoms with Crippen LogP contribution in [0.25, 0.3) is 6.08 Å². The van der Waals surface area contributed by atoms with Crippen molar-refractivity contribution in [2.45, 2.75) is 13.8 Å². The Balaban J connectivity index is 2.21. The number of hydrogen-bond acceptors (Lipinski definition) is 3. The fraction of sp³-hybridized carbons (Fsp3) is 0.111. The second-order valence-corrected chi connectivity index (χ2v) is 5.08. The van der Waals surface area contributed by atoms with Crippen LogP contribution in [0.5, 0.6) is 5.75 Å². The van der Waals surface area contributed by atoms with E-state index in [1.165, 1.54) is 18.2 Å². The van der Waals surface area contributed by atoms with Gasteiger partial charge in [-0.15, -0.1) is 0 Å². The molecule has 4 nitrogen and oxygen atoms in total. The van der Waals surface area contributed by atoms with Gasteiger partial charge in [-0.3, -0.25) is 4.79 Å². The molecule has 0 radical (unpaired) electrons. The number of benzene rings is 2. The van der Waals surface area contributed by atoms with Crippen LogP contribution >= 0.6 is 0 Å². The highest BCUT2D eigenvalue weighted by Crippen LogP contribution is 2.22. The number of rotatable bonds is 4. The molecule has 0 aromatic heterocycles. The van der Waals surface area contributed by atoms with Crippen LogP contribution in [0, 0.1) is 13.8 Å². The Hall–Kier alpha value is -2.88. The number of allylic oxidation sites excluding steroid dienone is 1. The summed E-state index contributed by atoms with van der Waals surface area (Å²) in [5.41, 5.74) is 3.00. The van der Waals surface area contributed by atoms with Gasteiger partial charge >= 0.3 is 5.97 Å². The number of phenols is 1. The van der Waals surface area contributed by atoms with Gasteiger partial charge in [0.1, 0.15) is 5.75 Å². The van der Waals surface area contributed by atoms with Crippen molar-refractivity contribution in [2.24, 2.45) is 0 Å². The van der Waals surface area contributed by atoms with Crippen LogP contribution in [0.4, 0.5) is 0 Å². The third kappa shape index (κ3) is 3.41. The zero-order chi connectivity index (χ0) is 16.3. The molecular formula is C18H16O4. The largest absolute Gasteiger partial charge is 0.507 e. The zero-order valence-electron chi connectivity index (χ0n) is 12.3. The second kappa shape index (κ2) is 6.26. The molecule has 0 unspecified atom stereocenters. The van der Waals surface area contributed by atoms with Crippen LogP contribution in [-0.4, -0.2) is 22.0 Å². The first-order valence-corrected chi connectivity index (χ1v) is 6.74. The molecule has 2 N–H and O–H groups in total. The summed E-state index contributed by atoms with van der Waals surface area (Å²) in [4.78, 5) is 22.9. The molecule has 2 aromatic carbocycles. The van der Waals surface area contributed by atoms with Crippen LogP contribution < -0.4 is 0 Å². The summed E-state index contributed by atoms with van der Waals surface area (Å²) >= 11 is 0. The summed E-state index contributed by atoms with van der Waals surface area (Å²) in [6.45, 7) is 3.74. The first-order valence-electron chi connectivity index (χ1n) is 6.74. The lowest BCUT2D eigenvalue weighted by Gasteiger charge is -2.05.